The van der Waals surface area contributed by atoms with E-state index < -0.39 is 24.4 Å². The summed E-state index contributed by atoms with van der Waals surface area (Å²) in [4.78, 5) is 38.3. The molecule has 0 aromatic rings. The fourth-order valence-corrected chi connectivity index (χ4v) is 3.71. The van der Waals surface area contributed by atoms with Crippen LogP contribution in [-0.4, -0.2) is 66.2 Å². The van der Waals surface area contributed by atoms with Crippen molar-refractivity contribution in [2.75, 3.05) is 13.1 Å². The fourth-order valence-electron chi connectivity index (χ4n) is 3.71. The van der Waals surface area contributed by atoms with Gasteiger partial charge in [-0.3, -0.25) is 19.7 Å². The molecule has 200 valence electrons. The Morgan fingerprint density at radius 2 is 1.47 bits per heavy atom. The predicted octanol–water partition coefficient (Wildman–Crippen LogP) is 1.29. The SMILES string of the molecule is CC(C)CC(NC(=O)C(NC(C)C)C(C)C)C(=O)NCC(O)NC(CCCCN)C(=O)C(C)C. The molecule has 0 saturated heterocycles. The van der Waals surface area contributed by atoms with Crippen LogP contribution in [0.25, 0.3) is 0 Å². The second-order valence-corrected chi connectivity index (χ2v) is 10.6. The Bertz CT molecular complexity index is 610. The number of unbranched alkanes of at least 4 members (excludes halogenated alkanes) is 1. The molecule has 0 saturated carbocycles. The smallest absolute Gasteiger partial charge is 0.242 e. The van der Waals surface area contributed by atoms with Gasteiger partial charge in [0.2, 0.25) is 11.8 Å². The third kappa shape index (κ3) is 13.4. The first-order valence-electron chi connectivity index (χ1n) is 12.8. The highest BCUT2D eigenvalue weighted by Gasteiger charge is 2.29. The Morgan fingerprint density at radius 3 is 1.94 bits per heavy atom. The van der Waals surface area contributed by atoms with Crippen molar-refractivity contribution < 1.29 is 19.5 Å². The number of carbonyl (C=O) groups excluding carboxylic acids is 3. The molecular formula is C25H51N5O4. The average molecular weight is 486 g/mol. The maximum Gasteiger partial charge on any atom is 0.242 e. The highest BCUT2D eigenvalue weighted by atomic mass is 16.3. The van der Waals surface area contributed by atoms with Crippen LogP contribution in [0.2, 0.25) is 0 Å². The Labute approximate surface area is 206 Å². The molecule has 4 atom stereocenters. The maximum atomic E-state index is 12.9. The highest BCUT2D eigenvalue weighted by Crippen LogP contribution is 2.10. The average Bonchev–Trinajstić information content (AvgIpc) is 2.73. The number of rotatable bonds is 18. The Hall–Kier alpha value is -1.55. The van der Waals surface area contributed by atoms with Crippen LogP contribution in [-0.2, 0) is 14.4 Å². The topological polar surface area (TPSA) is 146 Å². The zero-order chi connectivity index (χ0) is 26.4. The monoisotopic (exact) mass is 485 g/mol. The van der Waals surface area contributed by atoms with Crippen LogP contribution in [0.1, 0.15) is 81.1 Å². The molecular weight excluding hydrogens is 434 g/mol. The number of carbonyl (C=O) groups is 3. The van der Waals surface area contributed by atoms with Crippen molar-refractivity contribution in [2.24, 2.45) is 23.5 Å². The van der Waals surface area contributed by atoms with Crippen molar-refractivity contribution in [1.82, 2.24) is 21.3 Å². The largest absolute Gasteiger partial charge is 0.377 e. The minimum Gasteiger partial charge on any atom is -0.377 e. The number of amides is 2. The molecule has 0 aliphatic heterocycles. The molecule has 0 fully saturated rings. The van der Waals surface area contributed by atoms with Gasteiger partial charge < -0.3 is 26.8 Å². The molecule has 34 heavy (non-hydrogen) atoms. The first-order valence-corrected chi connectivity index (χ1v) is 12.8. The second-order valence-electron chi connectivity index (χ2n) is 10.6. The number of hydrogen-bond donors (Lipinski definition) is 6. The first-order chi connectivity index (χ1) is 15.8. The summed E-state index contributed by atoms with van der Waals surface area (Å²) in [6, 6.07) is -1.50. The third-order valence-corrected chi connectivity index (χ3v) is 5.52. The van der Waals surface area contributed by atoms with Crippen LogP contribution < -0.4 is 27.0 Å². The van der Waals surface area contributed by atoms with Gasteiger partial charge in [0, 0.05) is 12.0 Å². The van der Waals surface area contributed by atoms with Crippen molar-refractivity contribution >= 4 is 17.6 Å². The van der Waals surface area contributed by atoms with Gasteiger partial charge in [-0.1, -0.05) is 61.8 Å². The van der Waals surface area contributed by atoms with Crippen molar-refractivity contribution in [3.63, 3.8) is 0 Å². The fraction of sp³-hybridized carbons (Fsp3) is 0.880. The standard InChI is InChI=1S/C25H51N5O4/c1-15(2)13-20(30-25(34)22(16(3)4)28-18(7)8)24(33)27-14-21(31)29-19(11-9-10-12-26)23(32)17(5)6/h15-22,28-29,31H,9-14,26H2,1-8H3,(H,27,33)(H,30,34). The number of Topliss-reactive ketones (excluding diaryl/α,β-unsaturated/α-hetero) is 1. The summed E-state index contributed by atoms with van der Waals surface area (Å²) in [6.45, 7) is 16.0. The molecule has 0 rings (SSSR count). The molecule has 0 aromatic carbocycles. The molecule has 0 bridgehead atoms. The lowest BCUT2D eigenvalue weighted by atomic mass is 9.97. The van der Waals surface area contributed by atoms with Crippen LogP contribution >= 0.6 is 0 Å². The number of hydrogen-bond acceptors (Lipinski definition) is 7. The molecule has 0 radical (unpaired) electrons. The predicted molar refractivity (Wildman–Crippen MR) is 137 cm³/mol. The summed E-state index contributed by atoms with van der Waals surface area (Å²) in [5, 5.41) is 22.3. The van der Waals surface area contributed by atoms with E-state index >= 15 is 0 Å². The van der Waals surface area contributed by atoms with Crippen LogP contribution in [0, 0.1) is 17.8 Å². The minimum atomic E-state index is -1.09. The summed E-state index contributed by atoms with van der Waals surface area (Å²) in [5.74, 6) is -0.479. The van der Waals surface area contributed by atoms with E-state index in [1.807, 2.05) is 55.4 Å². The lowest BCUT2D eigenvalue weighted by Crippen LogP contribution is -2.57. The number of aliphatic hydroxyl groups excluding tert-OH is 1. The van der Waals surface area contributed by atoms with Crippen molar-refractivity contribution in [3.8, 4) is 0 Å². The molecule has 9 nitrogen and oxygen atoms in total. The molecule has 0 aliphatic rings. The van der Waals surface area contributed by atoms with Crippen LogP contribution in [0.5, 0.6) is 0 Å². The van der Waals surface area contributed by atoms with Crippen molar-refractivity contribution in [2.45, 2.75) is 111 Å². The van der Waals surface area contributed by atoms with Gasteiger partial charge in [-0.25, -0.2) is 0 Å². The van der Waals surface area contributed by atoms with Gasteiger partial charge in [-0.05, 0) is 37.6 Å². The van der Waals surface area contributed by atoms with Gasteiger partial charge in [-0.2, -0.15) is 0 Å². The molecule has 0 spiro atoms. The molecule has 0 aliphatic carbocycles. The van der Waals surface area contributed by atoms with E-state index in [-0.39, 0.29) is 47.9 Å². The van der Waals surface area contributed by atoms with Crippen LogP contribution in [0.4, 0.5) is 0 Å². The molecule has 0 heterocycles. The lowest BCUT2D eigenvalue weighted by Gasteiger charge is -2.28. The number of nitrogens with one attached hydrogen (secondary N) is 4. The molecule has 2 amide bonds. The van der Waals surface area contributed by atoms with E-state index in [9.17, 15) is 19.5 Å². The van der Waals surface area contributed by atoms with E-state index in [0.717, 1.165) is 12.8 Å². The molecule has 7 N–H and O–H groups in total. The maximum absolute atomic E-state index is 12.9. The third-order valence-electron chi connectivity index (χ3n) is 5.52. The molecule has 0 aromatic heterocycles. The van der Waals surface area contributed by atoms with Gasteiger partial charge in [0.15, 0.2) is 5.78 Å². The quantitative estimate of drug-likeness (QED) is 0.127. The summed E-state index contributed by atoms with van der Waals surface area (Å²) >= 11 is 0. The molecule has 4 unspecified atom stereocenters. The van der Waals surface area contributed by atoms with Crippen LogP contribution in [0.3, 0.4) is 0 Å². The van der Waals surface area contributed by atoms with Gasteiger partial charge >= 0.3 is 0 Å². The number of aliphatic hydroxyl groups is 1. The lowest BCUT2D eigenvalue weighted by molar-refractivity contribution is -0.131. The van der Waals surface area contributed by atoms with E-state index in [2.05, 4.69) is 21.3 Å². The number of nitrogens with two attached hydrogens (primary N) is 1. The van der Waals surface area contributed by atoms with Gasteiger partial charge in [-0.15, -0.1) is 0 Å². The summed E-state index contributed by atoms with van der Waals surface area (Å²) in [7, 11) is 0. The summed E-state index contributed by atoms with van der Waals surface area (Å²) in [5.41, 5.74) is 5.55. The van der Waals surface area contributed by atoms with E-state index in [1.165, 1.54) is 0 Å². The van der Waals surface area contributed by atoms with E-state index in [0.29, 0.717) is 19.4 Å². The Balaban J connectivity index is 5.10. The van der Waals surface area contributed by atoms with E-state index in [1.54, 1.807) is 0 Å². The first kappa shape index (κ1) is 32.5. The minimum absolute atomic E-state index is 0.0183. The number of ketones is 1. The normalized spacial score (nSPS) is 15.5. The zero-order valence-electron chi connectivity index (χ0n) is 22.6. The summed E-state index contributed by atoms with van der Waals surface area (Å²) in [6.07, 6.45) is 1.54. The Morgan fingerprint density at radius 1 is 0.853 bits per heavy atom. The van der Waals surface area contributed by atoms with Gasteiger partial charge in [0.1, 0.15) is 12.3 Å². The Kier molecular flexibility index (Phi) is 16.2. The van der Waals surface area contributed by atoms with Gasteiger partial charge in [0.25, 0.3) is 0 Å². The van der Waals surface area contributed by atoms with Gasteiger partial charge in [0.05, 0.1) is 18.6 Å². The van der Waals surface area contributed by atoms with Crippen molar-refractivity contribution in [1.29, 1.82) is 0 Å². The summed E-state index contributed by atoms with van der Waals surface area (Å²) < 4.78 is 0. The van der Waals surface area contributed by atoms with E-state index in [4.69, 9.17) is 5.73 Å². The van der Waals surface area contributed by atoms with Crippen LogP contribution in [0.15, 0.2) is 0 Å². The highest BCUT2D eigenvalue weighted by molar-refractivity contribution is 5.90. The van der Waals surface area contributed by atoms with Crippen molar-refractivity contribution in [3.05, 3.63) is 0 Å². The molecule has 9 heteroatoms. The zero-order valence-corrected chi connectivity index (χ0v) is 22.6. The second kappa shape index (κ2) is 17.0.